The van der Waals surface area contributed by atoms with Gasteiger partial charge in [-0.15, -0.1) is 0 Å². The highest BCUT2D eigenvalue weighted by molar-refractivity contribution is 5.98. The topological polar surface area (TPSA) is 17.1 Å². The zero-order valence-electron chi connectivity index (χ0n) is 12.5. The molecule has 0 bridgehead atoms. The van der Waals surface area contributed by atoms with Crippen molar-refractivity contribution in [2.24, 2.45) is 5.92 Å². The van der Waals surface area contributed by atoms with Crippen LogP contribution in [0.2, 0.25) is 0 Å². The lowest BCUT2D eigenvalue weighted by Crippen LogP contribution is -2.19. The lowest BCUT2D eigenvalue weighted by Gasteiger charge is -2.24. The third-order valence-corrected chi connectivity index (χ3v) is 4.23. The molecule has 0 saturated heterocycles. The molecule has 1 fully saturated rings. The SMILES string of the molecule is CC(C)(C)c1ccccc1C(=O)CC1CCCCC1. The highest BCUT2D eigenvalue weighted by Crippen LogP contribution is 2.30. The van der Waals surface area contributed by atoms with Gasteiger partial charge in [0.05, 0.1) is 0 Å². The van der Waals surface area contributed by atoms with Gasteiger partial charge in [0.15, 0.2) is 5.78 Å². The number of benzene rings is 1. The van der Waals surface area contributed by atoms with Gasteiger partial charge in [-0.05, 0) is 16.9 Å². The quantitative estimate of drug-likeness (QED) is 0.686. The number of Topliss-reactive ketones (excluding diaryl/α,β-unsaturated/α-hetero) is 1. The van der Waals surface area contributed by atoms with Crippen LogP contribution in [0, 0.1) is 5.92 Å². The zero-order chi connectivity index (χ0) is 13.9. The molecule has 0 amide bonds. The van der Waals surface area contributed by atoms with Crippen molar-refractivity contribution in [3.05, 3.63) is 35.4 Å². The molecule has 0 aromatic heterocycles. The Bertz CT molecular complexity index is 433. The molecule has 19 heavy (non-hydrogen) atoms. The van der Waals surface area contributed by atoms with Crippen LogP contribution in [0.5, 0.6) is 0 Å². The number of ketones is 1. The molecule has 0 aliphatic heterocycles. The van der Waals surface area contributed by atoms with Crippen molar-refractivity contribution >= 4 is 5.78 Å². The second-order valence-corrected chi connectivity index (χ2v) is 6.93. The molecule has 0 atom stereocenters. The van der Waals surface area contributed by atoms with E-state index in [4.69, 9.17) is 0 Å². The Hall–Kier alpha value is -1.11. The second kappa shape index (κ2) is 5.90. The Morgan fingerprint density at radius 3 is 2.37 bits per heavy atom. The lowest BCUT2D eigenvalue weighted by atomic mass is 9.79. The first-order valence-electron chi connectivity index (χ1n) is 7.61. The fourth-order valence-electron chi connectivity index (χ4n) is 3.14. The summed E-state index contributed by atoms with van der Waals surface area (Å²) in [7, 11) is 0. The van der Waals surface area contributed by atoms with Crippen LogP contribution >= 0.6 is 0 Å². The summed E-state index contributed by atoms with van der Waals surface area (Å²) in [6.45, 7) is 6.54. The van der Waals surface area contributed by atoms with Gasteiger partial charge in [0.1, 0.15) is 0 Å². The van der Waals surface area contributed by atoms with Crippen LogP contribution in [0.25, 0.3) is 0 Å². The third kappa shape index (κ3) is 3.68. The number of carbonyl (C=O) groups is 1. The molecule has 1 aliphatic carbocycles. The summed E-state index contributed by atoms with van der Waals surface area (Å²) in [6, 6.07) is 8.14. The van der Waals surface area contributed by atoms with E-state index >= 15 is 0 Å². The first-order chi connectivity index (χ1) is 8.98. The fourth-order valence-corrected chi connectivity index (χ4v) is 3.14. The molecule has 1 heteroatoms. The maximum absolute atomic E-state index is 12.6. The normalized spacial score (nSPS) is 17.4. The first kappa shape index (κ1) is 14.3. The average Bonchev–Trinajstić information content (AvgIpc) is 2.39. The predicted octanol–water partition coefficient (Wildman–Crippen LogP) is 5.14. The van der Waals surface area contributed by atoms with E-state index in [1.807, 2.05) is 18.2 Å². The van der Waals surface area contributed by atoms with Crippen molar-refractivity contribution in [3.63, 3.8) is 0 Å². The van der Waals surface area contributed by atoms with Crippen molar-refractivity contribution in [2.75, 3.05) is 0 Å². The molecule has 104 valence electrons. The van der Waals surface area contributed by atoms with Crippen LogP contribution in [0.1, 0.15) is 75.2 Å². The number of hydrogen-bond acceptors (Lipinski definition) is 1. The molecular weight excluding hydrogens is 232 g/mol. The molecule has 0 N–H and O–H groups in total. The van der Waals surface area contributed by atoms with Gasteiger partial charge < -0.3 is 0 Å². The predicted molar refractivity (Wildman–Crippen MR) is 80.7 cm³/mol. The number of rotatable bonds is 3. The number of carbonyl (C=O) groups excluding carboxylic acids is 1. The largest absolute Gasteiger partial charge is 0.294 e. The third-order valence-electron chi connectivity index (χ3n) is 4.23. The summed E-state index contributed by atoms with van der Waals surface area (Å²) in [5.74, 6) is 0.965. The van der Waals surface area contributed by atoms with Crippen LogP contribution in [-0.4, -0.2) is 5.78 Å². The van der Waals surface area contributed by atoms with Crippen molar-refractivity contribution in [3.8, 4) is 0 Å². The Morgan fingerprint density at radius 1 is 1.11 bits per heavy atom. The Morgan fingerprint density at radius 2 is 1.74 bits per heavy atom. The molecule has 0 spiro atoms. The molecule has 0 heterocycles. The van der Waals surface area contributed by atoms with Crippen molar-refractivity contribution in [1.29, 1.82) is 0 Å². The summed E-state index contributed by atoms with van der Waals surface area (Å²) in [6.07, 6.45) is 7.18. The van der Waals surface area contributed by atoms with Gasteiger partial charge in [0.25, 0.3) is 0 Å². The molecule has 0 radical (unpaired) electrons. The van der Waals surface area contributed by atoms with Crippen LogP contribution in [0.3, 0.4) is 0 Å². The minimum atomic E-state index is 0.0405. The molecule has 1 saturated carbocycles. The van der Waals surface area contributed by atoms with Gasteiger partial charge in [-0.1, -0.05) is 77.1 Å². The summed E-state index contributed by atoms with van der Waals surface area (Å²) in [4.78, 5) is 12.6. The molecule has 1 aliphatic rings. The Labute approximate surface area is 117 Å². The van der Waals surface area contributed by atoms with E-state index in [9.17, 15) is 4.79 Å². The van der Waals surface area contributed by atoms with Crippen LogP contribution in [-0.2, 0) is 5.41 Å². The van der Waals surface area contributed by atoms with Gasteiger partial charge in [-0.2, -0.15) is 0 Å². The maximum atomic E-state index is 12.6. The van der Waals surface area contributed by atoms with Gasteiger partial charge in [-0.3, -0.25) is 4.79 Å². The van der Waals surface area contributed by atoms with Crippen LogP contribution in [0.4, 0.5) is 0 Å². The van der Waals surface area contributed by atoms with Crippen molar-refractivity contribution in [1.82, 2.24) is 0 Å². The Kier molecular flexibility index (Phi) is 4.44. The molecule has 1 aromatic carbocycles. The van der Waals surface area contributed by atoms with E-state index in [1.54, 1.807) is 0 Å². The number of hydrogen-bond donors (Lipinski definition) is 0. The van der Waals surface area contributed by atoms with Gasteiger partial charge in [-0.25, -0.2) is 0 Å². The highest BCUT2D eigenvalue weighted by atomic mass is 16.1. The molecular formula is C18H26O. The first-order valence-corrected chi connectivity index (χ1v) is 7.61. The zero-order valence-corrected chi connectivity index (χ0v) is 12.5. The average molecular weight is 258 g/mol. The summed E-state index contributed by atoms with van der Waals surface area (Å²) < 4.78 is 0. The maximum Gasteiger partial charge on any atom is 0.163 e. The van der Waals surface area contributed by atoms with Crippen LogP contribution in [0.15, 0.2) is 24.3 Å². The molecule has 2 rings (SSSR count). The Balaban J connectivity index is 2.14. The van der Waals surface area contributed by atoms with E-state index < -0.39 is 0 Å². The summed E-state index contributed by atoms with van der Waals surface area (Å²) >= 11 is 0. The van der Waals surface area contributed by atoms with Crippen molar-refractivity contribution < 1.29 is 4.79 Å². The second-order valence-electron chi connectivity index (χ2n) is 6.93. The van der Waals surface area contributed by atoms with Gasteiger partial charge in [0, 0.05) is 12.0 Å². The minimum Gasteiger partial charge on any atom is -0.294 e. The van der Waals surface area contributed by atoms with Crippen LogP contribution < -0.4 is 0 Å². The molecule has 1 nitrogen and oxygen atoms in total. The van der Waals surface area contributed by atoms with E-state index in [-0.39, 0.29) is 5.41 Å². The molecule has 1 aromatic rings. The van der Waals surface area contributed by atoms with E-state index in [0.717, 1.165) is 12.0 Å². The smallest absolute Gasteiger partial charge is 0.163 e. The van der Waals surface area contributed by atoms with E-state index in [0.29, 0.717) is 11.7 Å². The van der Waals surface area contributed by atoms with Gasteiger partial charge >= 0.3 is 0 Å². The standard InChI is InChI=1S/C18H26O/c1-18(2,3)16-12-8-7-11-15(16)17(19)13-14-9-5-4-6-10-14/h7-8,11-12,14H,4-6,9-10,13H2,1-3H3. The molecule has 0 unspecified atom stereocenters. The van der Waals surface area contributed by atoms with E-state index in [1.165, 1.54) is 37.7 Å². The lowest BCUT2D eigenvalue weighted by molar-refractivity contribution is 0.0948. The summed E-state index contributed by atoms with van der Waals surface area (Å²) in [5.41, 5.74) is 2.18. The monoisotopic (exact) mass is 258 g/mol. The minimum absolute atomic E-state index is 0.0405. The van der Waals surface area contributed by atoms with Crippen molar-refractivity contribution in [2.45, 2.75) is 64.7 Å². The highest BCUT2D eigenvalue weighted by Gasteiger charge is 2.23. The van der Waals surface area contributed by atoms with E-state index in [2.05, 4.69) is 26.8 Å². The summed E-state index contributed by atoms with van der Waals surface area (Å²) in [5, 5.41) is 0. The fraction of sp³-hybridized carbons (Fsp3) is 0.611. The van der Waals surface area contributed by atoms with Gasteiger partial charge in [0.2, 0.25) is 0 Å².